The van der Waals surface area contributed by atoms with Gasteiger partial charge in [0.25, 0.3) is 0 Å². The molecule has 0 amide bonds. The highest BCUT2D eigenvalue weighted by Crippen LogP contribution is 2.32. The standard InChI is InChI=1S/C15H18N2O/c1-18-10-7-8-14-12(9-10)15(16)11-5-3-2-4-6-13(11)17-14/h7-9H,2-6H2,1H3,(H2,16,17). The van der Waals surface area contributed by atoms with Crippen LogP contribution in [0.2, 0.25) is 0 Å². The molecule has 94 valence electrons. The second kappa shape index (κ2) is 4.48. The molecule has 3 rings (SSSR count). The average Bonchev–Trinajstić information content (AvgIpc) is 2.64. The van der Waals surface area contributed by atoms with Crippen molar-refractivity contribution < 1.29 is 4.74 Å². The Hall–Kier alpha value is -1.77. The smallest absolute Gasteiger partial charge is 0.119 e. The molecule has 0 radical (unpaired) electrons. The minimum absolute atomic E-state index is 0.838. The highest BCUT2D eigenvalue weighted by atomic mass is 16.5. The zero-order chi connectivity index (χ0) is 12.5. The Labute approximate surface area is 107 Å². The van der Waals surface area contributed by atoms with Crippen molar-refractivity contribution in [3.8, 4) is 5.75 Å². The van der Waals surface area contributed by atoms with Gasteiger partial charge >= 0.3 is 0 Å². The molecule has 0 bridgehead atoms. The van der Waals surface area contributed by atoms with Crippen LogP contribution in [-0.4, -0.2) is 12.1 Å². The van der Waals surface area contributed by atoms with Gasteiger partial charge in [-0.2, -0.15) is 0 Å². The third kappa shape index (κ3) is 1.80. The summed E-state index contributed by atoms with van der Waals surface area (Å²) in [6.07, 6.45) is 5.83. The average molecular weight is 242 g/mol. The Balaban J connectivity index is 2.24. The molecule has 1 aromatic carbocycles. The Morgan fingerprint density at radius 1 is 1.17 bits per heavy atom. The largest absolute Gasteiger partial charge is 0.497 e. The summed E-state index contributed by atoms with van der Waals surface area (Å²) >= 11 is 0. The first-order valence-electron chi connectivity index (χ1n) is 6.54. The van der Waals surface area contributed by atoms with E-state index in [1.165, 1.54) is 30.5 Å². The van der Waals surface area contributed by atoms with E-state index < -0.39 is 0 Å². The number of ether oxygens (including phenoxy) is 1. The van der Waals surface area contributed by atoms with Gasteiger partial charge in [-0.3, -0.25) is 4.98 Å². The van der Waals surface area contributed by atoms with Crippen LogP contribution in [0, 0.1) is 0 Å². The fourth-order valence-corrected chi connectivity index (χ4v) is 2.74. The number of hydrogen-bond acceptors (Lipinski definition) is 3. The van der Waals surface area contributed by atoms with Crippen LogP contribution in [-0.2, 0) is 12.8 Å². The number of aromatic nitrogens is 1. The minimum Gasteiger partial charge on any atom is -0.497 e. The van der Waals surface area contributed by atoms with E-state index >= 15 is 0 Å². The van der Waals surface area contributed by atoms with E-state index in [-0.39, 0.29) is 0 Å². The Bertz CT molecular complexity index is 593. The lowest BCUT2D eigenvalue weighted by Crippen LogP contribution is -2.03. The number of nitrogens with zero attached hydrogens (tertiary/aromatic N) is 1. The molecule has 0 fully saturated rings. The Morgan fingerprint density at radius 3 is 2.83 bits per heavy atom. The molecule has 1 aliphatic carbocycles. The first-order valence-corrected chi connectivity index (χ1v) is 6.54. The van der Waals surface area contributed by atoms with E-state index in [1.54, 1.807) is 7.11 Å². The molecule has 2 N–H and O–H groups in total. The minimum atomic E-state index is 0.838. The normalized spacial score (nSPS) is 15.2. The van der Waals surface area contributed by atoms with Crippen LogP contribution in [0.1, 0.15) is 30.5 Å². The predicted molar refractivity (Wildman–Crippen MR) is 74.0 cm³/mol. The number of fused-ring (bicyclic) bond motifs is 2. The summed E-state index contributed by atoms with van der Waals surface area (Å²) in [5.74, 6) is 0.838. The summed E-state index contributed by atoms with van der Waals surface area (Å²) in [5, 5.41) is 1.02. The molecule has 3 heteroatoms. The van der Waals surface area contributed by atoms with Crippen molar-refractivity contribution >= 4 is 16.6 Å². The molecule has 0 aliphatic heterocycles. The van der Waals surface area contributed by atoms with Crippen molar-refractivity contribution in [3.05, 3.63) is 29.5 Å². The first-order chi connectivity index (χ1) is 8.79. The molecule has 0 spiro atoms. The third-order valence-corrected chi connectivity index (χ3v) is 3.76. The molecule has 0 saturated heterocycles. The van der Waals surface area contributed by atoms with Gasteiger partial charge in [-0.05, 0) is 49.4 Å². The van der Waals surface area contributed by atoms with Gasteiger partial charge < -0.3 is 10.5 Å². The number of aryl methyl sites for hydroxylation is 1. The highest BCUT2D eigenvalue weighted by Gasteiger charge is 2.15. The van der Waals surface area contributed by atoms with Crippen LogP contribution in [0.3, 0.4) is 0 Å². The Morgan fingerprint density at radius 2 is 2.00 bits per heavy atom. The molecule has 18 heavy (non-hydrogen) atoms. The number of nitrogen functional groups attached to an aromatic ring is 1. The SMILES string of the molecule is COc1ccc2nc3c(c(N)c2c1)CCCCC3. The van der Waals surface area contributed by atoms with E-state index in [9.17, 15) is 0 Å². The molecule has 1 aromatic heterocycles. The lowest BCUT2D eigenvalue weighted by Gasteiger charge is -2.12. The summed E-state index contributed by atoms with van der Waals surface area (Å²) in [6, 6.07) is 5.93. The van der Waals surface area contributed by atoms with E-state index in [0.29, 0.717) is 0 Å². The fraction of sp³-hybridized carbons (Fsp3) is 0.400. The van der Waals surface area contributed by atoms with Gasteiger partial charge in [0.2, 0.25) is 0 Å². The second-order valence-electron chi connectivity index (χ2n) is 4.89. The van der Waals surface area contributed by atoms with Crippen molar-refractivity contribution in [3.63, 3.8) is 0 Å². The van der Waals surface area contributed by atoms with Crippen molar-refractivity contribution in [2.75, 3.05) is 12.8 Å². The van der Waals surface area contributed by atoms with Crippen LogP contribution in [0.15, 0.2) is 18.2 Å². The topological polar surface area (TPSA) is 48.1 Å². The van der Waals surface area contributed by atoms with Crippen molar-refractivity contribution in [2.45, 2.75) is 32.1 Å². The molecule has 0 atom stereocenters. The lowest BCUT2D eigenvalue weighted by atomic mass is 10.0. The van der Waals surface area contributed by atoms with Crippen LogP contribution in [0.25, 0.3) is 10.9 Å². The number of anilines is 1. The van der Waals surface area contributed by atoms with E-state index in [1.807, 2.05) is 18.2 Å². The molecule has 0 saturated carbocycles. The molecule has 3 nitrogen and oxygen atoms in total. The van der Waals surface area contributed by atoms with Gasteiger partial charge in [0, 0.05) is 16.8 Å². The van der Waals surface area contributed by atoms with Gasteiger partial charge in [0.05, 0.1) is 12.6 Å². The van der Waals surface area contributed by atoms with Crippen molar-refractivity contribution in [1.82, 2.24) is 4.98 Å². The maximum atomic E-state index is 6.34. The Kier molecular flexibility index (Phi) is 2.82. The summed E-state index contributed by atoms with van der Waals surface area (Å²) in [7, 11) is 1.67. The summed E-state index contributed by atoms with van der Waals surface area (Å²) in [5.41, 5.74) is 10.7. The molecule has 1 aliphatic rings. The zero-order valence-corrected chi connectivity index (χ0v) is 10.7. The van der Waals surface area contributed by atoms with Gasteiger partial charge in [-0.25, -0.2) is 0 Å². The lowest BCUT2D eigenvalue weighted by molar-refractivity contribution is 0.415. The highest BCUT2D eigenvalue weighted by molar-refractivity contribution is 5.93. The van der Waals surface area contributed by atoms with Crippen LogP contribution >= 0.6 is 0 Å². The molecular formula is C15H18N2O. The third-order valence-electron chi connectivity index (χ3n) is 3.76. The van der Waals surface area contributed by atoms with E-state index in [2.05, 4.69) is 0 Å². The number of rotatable bonds is 1. The van der Waals surface area contributed by atoms with Crippen LogP contribution in [0.4, 0.5) is 5.69 Å². The number of methoxy groups -OCH3 is 1. The number of benzene rings is 1. The summed E-state index contributed by atoms with van der Waals surface area (Å²) in [6.45, 7) is 0. The fourth-order valence-electron chi connectivity index (χ4n) is 2.74. The monoisotopic (exact) mass is 242 g/mol. The van der Waals surface area contributed by atoms with Gasteiger partial charge in [0.1, 0.15) is 5.75 Å². The summed E-state index contributed by atoms with van der Waals surface area (Å²) in [4.78, 5) is 4.78. The van der Waals surface area contributed by atoms with Gasteiger partial charge in [-0.1, -0.05) is 6.42 Å². The molecular weight excluding hydrogens is 224 g/mol. The second-order valence-corrected chi connectivity index (χ2v) is 4.89. The van der Waals surface area contributed by atoms with E-state index in [0.717, 1.165) is 35.2 Å². The van der Waals surface area contributed by atoms with Gasteiger partial charge in [-0.15, -0.1) is 0 Å². The maximum Gasteiger partial charge on any atom is 0.119 e. The van der Waals surface area contributed by atoms with Crippen LogP contribution in [0.5, 0.6) is 5.75 Å². The number of hydrogen-bond donors (Lipinski definition) is 1. The number of pyridine rings is 1. The van der Waals surface area contributed by atoms with Crippen molar-refractivity contribution in [2.24, 2.45) is 0 Å². The van der Waals surface area contributed by atoms with Crippen molar-refractivity contribution in [1.29, 1.82) is 0 Å². The molecule has 2 aromatic rings. The maximum absolute atomic E-state index is 6.34. The predicted octanol–water partition coefficient (Wildman–Crippen LogP) is 3.09. The van der Waals surface area contributed by atoms with Crippen LogP contribution < -0.4 is 10.5 Å². The first kappa shape index (κ1) is 11.3. The molecule has 1 heterocycles. The number of nitrogens with two attached hydrogens (primary N) is 1. The molecule has 0 unspecified atom stereocenters. The summed E-state index contributed by atoms with van der Waals surface area (Å²) < 4.78 is 5.26. The van der Waals surface area contributed by atoms with E-state index in [4.69, 9.17) is 15.5 Å². The quantitative estimate of drug-likeness (QED) is 0.782. The zero-order valence-electron chi connectivity index (χ0n) is 10.7. The van der Waals surface area contributed by atoms with Gasteiger partial charge in [0.15, 0.2) is 0 Å².